The van der Waals surface area contributed by atoms with Crippen molar-refractivity contribution in [1.82, 2.24) is 0 Å². The molecule has 2 heteroatoms. The van der Waals surface area contributed by atoms with Crippen LogP contribution in [0.3, 0.4) is 0 Å². The van der Waals surface area contributed by atoms with E-state index < -0.39 is 7.38 Å². The van der Waals surface area contributed by atoms with Gasteiger partial charge in [-0.1, -0.05) is 153 Å². The molecule has 0 fully saturated rings. The molecule has 0 amide bonds. The van der Waals surface area contributed by atoms with Crippen LogP contribution in [-0.4, -0.2) is 7.38 Å². The lowest BCUT2D eigenvalue weighted by molar-refractivity contribution is 0.531. The first-order valence-electron chi connectivity index (χ1n) is 13.4. The molecule has 30 heavy (non-hydrogen) atoms. The van der Waals surface area contributed by atoms with E-state index in [-0.39, 0.29) is 0 Å². The summed E-state index contributed by atoms with van der Waals surface area (Å²) in [5.74, 6) is 0. The minimum atomic E-state index is -1.49. The van der Waals surface area contributed by atoms with Crippen molar-refractivity contribution in [2.45, 2.75) is 141 Å². The van der Waals surface area contributed by atoms with Crippen LogP contribution in [0, 0.1) is 0 Å². The Morgan fingerprint density at radius 2 is 0.967 bits per heavy atom. The summed E-state index contributed by atoms with van der Waals surface area (Å²) in [5, 5.41) is 0. The fourth-order valence-electron chi connectivity index (χ4n) is 4.47. The van der Waals surface area contributed by atoms with E-state index in [1.165, 1.54) is 133 Å². The first kappa shape index (κ1) is 27.8. The van der Waals surface area contributed by atoms with Crippen LogP contribution in [0.15, 0.2) is 30.3 Å². The summed E-state index contributed by atoms with van der Waals surface area (Å²) in [4.78, 5) is 0. The number of hydrogen-bond acceptors (Lipinski definition) is 0. The number of halogens is 1. The highest BCUT2D eigenvalue weighted by atomic mass is 35.6. The summed E-state index contributed by atoms with van der Waals surface area (Å²) in [6.45, 7) is 4.68. The Labute approximate surface area is 195 Å². The van der Waals surface area contributed by atoms with Crippen molar-refractivity contribution in [2.75, 3.05) is 0 Å². The lowest BCUT2D eigenvalue weighted by atomic mass is 10.0. The average molecular weight is 451 g/mol. The summed E-state index contributed by atoms with van der Waals surface area (Å²) in [7, 11) is -1.49. The van der Waals surface area contributed by atoms with E-state index in [9.17, 15) is 0 Å². The van der Waals surface area contributed by atoms with E-state index >= 15 is 0 Å². The fourth-order valence-corrected chi connectivity index (χ4v) is 7.43. The Morgan fingerprint density at radius 1 is 0.567 bits per heavy atom. The SMILES string of the molecule is CCCCCCCCCCCCCCCCCC[Si](C)(Cl)CCCc1ccccc1. The Balaban J connectivity index is 1.82. The topological polar surface area (TPSA) is 0 Å². The maximum absolute atomic E-state index is 6.91. The van der Waals surface area contributed by atoms with E-state index in [4.69, 9.17) is 11.1 Å². The van der Waals surface area contributed by atoms with Gasteiger partial charge in [0.25, 0.3) is 0 Å². The molecule has 0 heterocycles. The zero-order chi connectivity index (χ0) is 21.8. The predicted molar refractivity (Wildman–Crippen MR) is 141 cm³/mol. The molecule has 174 valence electrons. The van der Waals surface area contributed by atoms with Crippen LogP contribution >= 0.6 is 11.1 Å². The van der Waals surface area contributed by atoms with Crippen molar-refractivity contribution in [3.05, 3.63) is 35.9 Å². The first-order chi connectivity index (χ1) is 14.6. The Hall–Kier alpha value is -0.273. The molecule has 0 aromatic heterocycles. The van der Waals surface area contributed by atoms with Gasteiger partial charge in [-0.25, -0.2) is 0 Å². The number of aryl methyl sites for hydroxylation is 1. The van der Waals surface area contributed by atoms with Gasteiger partial charge in [-0.2, -0.15) is 11.1 Å². The van der Waals surface area contributed by atoms with E-state index in [1.807, 2.05) is 0 Å². The minimum Gasteiger partial charge on any atom is -0.167 e. The van der Waals surface area contributed by atoms with Crippen LogP contribution in [0.2, 0.25) is 18.6 Å². The second kappa shape index (κ2) is 19.4. The molecule has 1 unspecified atom stereocenters. The molecule has 0 aliphatic carbocycles. The lowest BCUT2D eigenvalue weighted by Crippen LogP contribution is -2.21. The largest absolute Gasteiger partial charge is 0.167 e. The van der Waals surface area contributed by atoms with Crippen molar-refractivity contribution in [3.63, 3.8) is 0 Å². The second-order valence-corrected chi connectivity index (χ2v) is 16.4. The molecule has 0 aliphatic heterocycles. The zero-order valence-corrected chi connectivity index (χ0v) is 22.2. The smallest absolute Gasteiger partial charge is 0.153 e. The molecule has 0 N–H and O–H groups in total. The van der Waals surface area contributed by atoms with Gasteiger partial charge in [-0.15, -0.1) is 0 Å². The van der Waals surface area contributed by atoms with Crippen molar-refractivity contribution >= 4 is 18.5 Å². The van der Waals surface area contributed by atoms with Crippen molar-refractivity contribution in [2.24, 2.45) is 0 Å². The summed E-state index contributed by atoms with van der Waals surface area (Å²) in [5.41, 5.74) is 1.46. The number of unbranched alkanes of at least 4 members (excludes halogenated alkanes) is 15. The molecule has 0 saturated heterocycles. The van der Waals surface area contributed by atoms with Crippen LogP contribution in [0.4, 0.5) is 0 Å². The van der Waals surface area contributed by atoms with Crippen LogP contribution in [0.5, 0.6) is 0 Å². The number of hydrogen-bond donors (Lipinski definition) is 0. The predicted octanol–water partition coefficient (Wildman–Crippen LogP) is 10.7. The van der Waals surface area contributed by atoms with E-state index in [2.05, 4.69) is 43.8 Å². The summed E-state index contributed by atoms with van der Waals surface area (Å²) in [6, 6.07) is 13.4. The fraction of sp³-hybridized carbons (Fsp3) is 0.786. The number of benzene rings is 1. The van der Waals surface area contributed by atoms with Crippen molar-refractivity contribution < 1.29 is 0 Å². The lowest BCUT2D eigenvalue weighted by Gasteiger charge is -2.19. The molecular formula is C28H51ClSi. The maximum Gasteiger partial charge on any atom is 0.153 e. The van der Waals surface area contributed by atoms with Crippen molar-refractivity contribution in [3.8, 4) is 0 Å². The molecule has 0 bridgehead atoms. The third-order valence-electron chi connectivity index (χ3n) is 6.56. The van der Waals surface area contributed by atoms with Gasteiger partial charge in [0.15, 0.2) is 7.38 Å². The van der Waals surface area contributed by atoms with Crippen LogP contribution < -0.4 is 0 Å². The molecule has 0 nitrogen and oxygen atoms in total. The molecule has 1 aromatic carbocycles. The molecule has 0 saturated carbocycles. The van der Waals surface area contributed by atoms with Gasteiger partial charge in [0.05, 0.1) is 0 Å². The van der Waals surface area contributed by atoms with E-state index in [1.54, 1.807) is 0 Å². The second-order valence-electron chi connectivity index (χ2n) is 9.81. The Morgan fingerprint density at radius 3 is 1.43 bits per heavy atom. The minimum absolute atomic E-state index is 1.19. The van der Waals surface area contributed by atoms with Gasteiger partial charge in [-0.05, 0) is 24.1 Å². The highest BCUT2D eigenvalue weighted by Crippen LogP contribution is 2.26. The highest BCUT2D eigenvalue weighted by molar-refractivity contribution is 7.19. The summed E-state index contributed by atoms with van der Waals surface area (Å²) >= 11 is 6.91. The molecule has 0 spiro atoms. The number of rotatable bonds is 21. The van der Waals surface area contributed by atoms with E-state index in [0.29, 0.717) is 0 Å². The molecule has 0 radical (unpaired) electrons. The summed E-state index contributed by atoms with van der Waals surface area (Å²) in [6.07, 6.45) is 25.5. The third-order valence-corrected chi connectivity index (χ3v) is 10.5. The Bertz CT molecular complexity index is 471. The summed E-state index contributed by atoms with van der Waals surface area (Å²) < 4.78 is 0. The Kier molecular flexibility index (Phi) is 18.0. The van der Waals surface area contributed by atoms with Crippen LogP contribution in [-0.2, 0) is 6.42 Å². The van der Waals surface area contributed by atoms with E-state index in [0.717, 1.165) is 0 Å². The third kappa shape index (κ3) is 17.4. The molecule has 1 aromatic rings. The molecule has 1 rings (SSSR count). The molecule has 1 atom stereocenters. The average Bonchev–Trinajstić information content (AvgIpc) is 2.74. The van der Waals surface area contributed by atoms with Gasteiger partial charge in [0, 0.05) is 0 Å². The monoisotopic (exact) mass is 450 g/mol. The quantitative estimate of drug-likeness (QED) is 0.0991. The van der Waals surface area contributed by atoms with Crippen LogP contribution in [0.1, 0.15) is 122 Å². The van der Waals surface area contributed by atoms with Gasteiger partial charge >= 0.3 is 0 Å². The molecule has 0 aliphatic rings. The van der Waals surface area contributed by atoms with Gasteiger partial charge in [0.1, 0.15) is 0 Å². The maximum atomic E-state index is 6.91. The van der Waals surface area contributed by atoms with Gasteiger partial charge in [0.2, 0.25) is 0 Å². The van der Waals surface area contributed by atoms with Gasteiger partial charge < -0.3 is 0 Å². The van der Waals surface area contributed by atoms with Crippen LogP contribution in [0.25, 0.3) is 0 Å². The normalized spacial score (nSPS) is 13.4. The highest BCUT2D eigenvalue weighted by Gasteiger charge is 2.22. The zero-order valence-electron chi connectivity index (χ0n) is 20.4. The standard InChI is InChI=1S/C28H51ClSi/c1-3-4-5-6-7-8-9-10-11-12-13-14-15-16-17-21-26-30(2,29)27-22-25-28-23-19-18-20-24-28/h18-20,23-24H,3-17,21-22,25-27H2,1-2H3. The van der Waals surface area contributed by atoms with Crippen molar-refractivity contribution in [1.29, 1.82) is 0 Å². The van der Waals surface area contributed by atoms with Gasteiger partial charge in [-0.3, -0.25) is 0 Å². The first-order valence-corrected chi connectivity index (χ1v) is 17.3. The molecular weight excluding hydrogens is 400 g/mol.